The molecule has 8 heteroatoms. The van der Waals surface area contributed by atoms with Crippen LogP contribution in [0, 0.1) is 11.8 Å². The molecule has 2 aromatic heterocycles. The highest BCUT2D eigenvalue weighted by Crippen LogP contribution is 2.15. The summed E-state index contributed by atoms with van der Waals surface area (Å²) >= 11 is 3.32. The van der Waals surface area contributed by atoms with Crippen LogP contribution in [0.2, 0.25) is 39.3 Å². The maximum absolute atomic E-state index is 8.58. The molecule has 40 heavy (non-hydrogen) atoms. The summed E-state index contributed by atoms with van der Waals surface area (Å²) < 4.78 is 0.916. The summed E-state index contributed by atoms with van der Waals surface area (Å²) in [7, 11) is -3.70. The van der Waals surface area contributed by atoms with Crippen molar-refractivity contribution >= 4 is 55.0 Å². The second kappa shape index (κ2) is 17.8. The summed E-state index contributed by atoms with van der Waals surface area (Å²) in [5.74, 6) is 5.36. The third-order valence-corrected chi connectivity index (χ3v) is 10.2. The summed E-state index contributed by atoms with van der Waals surface area (Å²) in [4.78, 5) is 8.75. The van der Waals surface area contributed by atoms with E-state index >= 15 is 0 Å². The lowest BCUT2D eigenvalue weighted by molar-refractivity contribution is 0.426. The van der Waals surface area contributed by atoms with Gasteiger partial charge in [0.15, 0.2) is 0 Å². The molecule has 0 aliphatic carbocycles. The molecule has 0 radical (unpaired) electrons. The fourth-order valence-electron chi connectivity index (χ4n) is 3.06. The van der Waals surface area contributed by atoms with Crippen LogP contribution < -0.4 is 15.8 Å². The molecule has 0 atom stereocenters. The fraction of sp³-hybridized carbons (Fsp3) is 0.250. The summed E-state index contributed by atoms with van der Waals surface area (Å²) in [5, 5.41) is 20.0. The molecular formula is C32H42BBrN2O2Si2. The predicted octanol–water partition coefficient (Wildman–Crippen LogP) is 6.08. The lowest BCUT2D eigenvalue weighted by Gasteiger charge is -2.16. The minimum atomic E-state index is -1.34. The van der Waals surface area contributed by atoms with Gasteiger partial charge in [-0.15, -0.1) is 11.8 Å². The third-order valence-electron chi connectivity index (χ3n) is 5.64. The van der Waals surface area contributed by atoms with E-state index in [1.165, 1.54) is 15.9 Å². The number of rotatable bonds is 4. The third kappa shape index (κ3) is 14.0. The predicted molar refractivity (Wildman–Crippen MR) is 183 cm³/mol. The van der Waals surface area contributed by atoms with Gasteiger partial charge in [-0.1, -0.05) is 112 Å². The quantitative estimate of drug-likeness (QED) is 0.163. The molecule has 0 aliphatic rings. The van der Waals surface area contributed by atoms with Crippen molar-refractivity contribution in [1.29, 1.82) is 0 Å². The highest BCUT2D eigenvalue weighted by molar-refractivity contribution is 9.10. The van der Waals surface area contributed by atoms with Gasteiger partial charge in [0.05, 0.1) is 21.8 Å². The molecule has 0 bridgehead atoms. The largest absolute Gasteiger partial charge is 0.488 e. The van der Waals surface area contributed by atoms with Crippen molar-refractivity contribution in [3.8, 4) is 23.1 Å². The lowest BCUT2D eigenvalue weighted by atomic mass is 9.81. The highest BCUT2D eigenvalue weighted by Gasteiger charge is 2.17. The molecule has 2 N–H and O–H groups in total. The SMILES string of the molecule is CC#CC.C[Si](C)(C)c1ccc(-c2ccccc2)nc1.C[Si](C)(C)c1ccc(Br)nc1.OB(O)c1ccccc1. The molecule has 0 unspecified atom stereocenters. The Morgan fingerprint density at radius 1 is 0.625 bits per heavy atom. The van der Waals surface area contributed by atoms with Crippen LogP contribution in [0.25, 0.3) is 11.3 Å². The second-order valence-corrected chi connectivity index (χ2v) is 21.9. The van der Waals surface area contributed by atoms with Crippen molar-refractivity contribution in [2.45, 2.75) is 53.1 Å². The minimum absolute atomic E-state index is 0.525. The molecule has 2 heterocycles. The van der Waals surface area contributed by atoms with Gasteiger partial charge in [0.25, 0.3) is 0 Å². The number of halogens is 1. The van der Waals surface area contributed by atoms with Crippen molar-refractivity contribution < 1.29 is 10.0 Å². The van der Waals surface area contributed by atoms with Gasteiger partial charge in [-0.05, 0) is 57.7 Å². The normalized spacial score (nSPS) is 10.2. The standard InChI is InChI=1S/C14H17NSi.C8H12BrNSi.C6H7BO2.C4H6/c1-16(2,3)13-9-10-14(15-11-13)12-7-5-4-6-8-12;1-11(2,3)7-4-5-8(9)10-6-7;8-7(9)6-4-2-1-3-5-6;1-3-4-2/h4-11H,1-3H3;4-6H,1-3H3;1-5,8-9H;1-2H3. The van der Waals surface area contributed by atoms with Crippen LogP contribution in [0.4, 0.5) is 0 Å². The number of aromatic nitrogens is 2. The van der Waals surface area contributed by atoms with Gasteiger partial charge in [0.1, 0.15) is 4.60 Å². The molecule has 4 nitrogen and oxygen atoms in total. The van der Waals surface area contributed by atoms with Crippen LogP contribution in [0.5, 0.6) is 0 Å². The Morgan fingerprint density at radius 3 is 1.40 bits per heavy atom. The van der Waals surface area contributed by atoms with Crippen LogP contribution in [0.3, 0.4) is 0 Å². The minimum Gasteiger partial charge on any atom is -0.423 e. The first kappa shape index (κ1) is 35.2. The van der Waals surface area contributed by atoms with E-state index in [0.29, 0.717) is 5.46 Å². The highest BCUT2D eigenvalue weighted by atomic mass is 79.9. The van der Waals surface area contributed by atoms with E-state index in [9.17, 15) is 0 Å². The van der Waals surface area contributed by atoms with Crippen LogP contribution in [-0.2, 0) is 0 Å². The lowest BCUT2D eigenvalue weighted by Crippen LogP contribution is -2.37. The number of pyridine rings is 2. The van der Waals surface area contributed by atoms with Crippen molar-refractivity contribution in [1.82, 2.24) is 9.97 Å². The molecule has 4 aromatic rings. The van der Waals surface area contributed by atoms with Gasteiger partial charge in [0.2, 0.25) is 0 Å². The molecular weight excluding hydrogens is 591 g/mol. The molecule has 0 saturated heterocycles. The monoisotopic (exact) mass is 632 g/mol. The topological polar surface area (TPSA) is 66.2 Å². The van der Waals surface area contributed by atoms with E-state index in [-0.39, 0.29) is 0 Å². The molecule has 0 spiro atoms. The van der Waals surface area contributed by atoms with Crippen molar-refractivity contribution in [3.05, 3.63) is 102 Å². The van der Waals surface area contributed by atoms with Gasteiger partial charge in [-0.2, -0.15) is 0 Å². The Morgan fingerprint density at radius 2 is 1.07 bits per heavy atom. The zero-order valence-electron chi connectivity index (χ0n) is 25.0. The smallest absolute Gasteiger partial charge is 0.423 e. The van der Waals surface area contributed by atoms with E-state index in [1.54, 1.807) is 24.3 Å². The first-order valence-corrected chi connectivity index (χ1v) is 21.0. The number of hydrogen-bond acceptors (Lipinski definition) is 4. The first-order valence-electron chi connectivity index (χ1n) is 13.2. The Balaban J connectivity index is 0.000000292. The molecule has 0 fully saturated rings. The maximum atomic E-state index is 8.58. The molecule has 0 aliphatic heterocycles. The Kier molecular flexibility index (Phi) is 15.7. The van der Waals surface area contributed by atoms with Gasteiger partial charge < -0.3 is 10.0 Å². The number of hydrogen-bond donors (Lipinski definition) is 2. The van der Waals surface area contributed by atoms with Crippen LogP contribution >= 0.6 is 15.9 Å². The fourth-order valence-corrected chi connectivity index (χ4v) is 5.37. The van der Waals surface area contributed by atoms with E-state index in [2.05, 4.69) is 107 Å². The average Bonchev–Trinajstić information content (AvgIpc) is 2.94. The Bertz CT molecular complexity index is 1290. The van der Waals surface area contributed by atoms with Crippen LogP contribution in [0.1, 0.15) is 13.8 Å². The molecule has 0 saturated carbocycles. The van der Waals surface area contributed by atoms with Crippen LogP contribution in [-0.4, -0.2) is 43.3 Å². The first-order chi connectivity index (χ1) is 18.8. The maximum Gasteiger partial charge on any atom is 0.488 e. The second-order valence-electron chi connectivity index (χ2n) is 11.0. The molecule has 4 rings (SSSR count). The van der Waals surface area contributed by atoms with Crippen molar-refractivity contribution in [2.24, 2.45) is 0 Å². The molecule has 0 amide bonds. The van der Waals surface area contributed by atoms with Gasteiger partial charge in [-0.25, -0.2) is 4.98 Å². The summed E-state index contributed by atoms with van der Waals surface area (Å²) in [6.45, 7) is 17.6. The van der Waals surface area contributed by atoms with E-state index in [0.717, 1.165) is 10.3 Å². The number of benzene rings is 2. The van der Waals surface area contributed by atoms with E-state index < -0.39 is 23.3 Å². The van der Waals surface area contributed by atoms with Crippen LogP contribution in [0.15, 0.2) is 102 Å². The van der Waals surface area contributed by atoms with E-state index in [1.807, 2.05) is 56.6 Å². The van der Waals surface area contributed by atoms with Crippen molar-refractivity contribution in [2.75, 3.05) is 0 Å². The Hall–Kier alpha value is -2.80. The van der Waals surface area contributed by atoms with E-state index in [4.69, 9.17) is 10.0 Å². The number of nitrogens with zero attached hydrogens (tertiary/aromatic N) is 2. The zero-order chi connectivity index (χ0) is 30.2. The summed E-state index contributed by atoms with van der Waals surface area (Å²) in [6, 6.07) is 27.5. The average molecular weight is 634 g/mol. The molecule has 2 aromatic carbocycles. The van der Waals surface area contributed by atoms with Gasteiger partial charge in [0, 0.05) is 18.0 Å². The van der Waals surface area contributed by atoms with Gasteiger partial charge >= 0.3 is 7.12 Å². The zero-order valence-corrected chi connectivity index (χ0v) is 28.6. The van der Waals surface area contributed by atoms with Crippen molar-refractivity contribution in [3.63, 3.8) is 0 Å². The summed E-state index contributed by atoms with van der Waals surface area (Å²) in [5.41, 5.74) is 2.77. The molecule has 210 valence electrons. The Labute approximate surface area is 252 Å². The van der Waals surface area contributed by atoms with Gasteiger partial charge in [-0.3, -0.25) is 4.98 Å². The summed E-state index contributed by atoms with van der Waals surface area (Å²) in [6.07, 6.45) is 4.00.